The zero-order chi connectivity index (χ0) is 13.5. The summed E-state index contributed by atoms with van der Waals surface area (Å²) in [4.78, 5) is 4.02. The zero-order valence-corrected chi connectivity index (χ0v) is 10.9. The minimum absolute atomic E-state index is 0.00859. The lowest BCUT2D eigenvalue weighted by Crippen LogP contribution is -2.01. The Bertz CT molecular complexity index is 556. The molecular weight excluding hydrogens is 264 g/mol. The van der Waals surface area contributed by atoms with Gasteiger partial charge < -0.3 is 15.6 Å². The lowest BCUT2D eigenvalue weighted by molar-refractivity contribution is 0.201. The lowest BCUT2D eigenvalue weighted by Gasteiger charge is -2.04. The van der Waals surface area contributed by atoms with E-state index < -0.39 is 0 Å². The summed E-state index contributed by atoms with van der Waals surface area (Å²) in [5.41, 5.74) is 9.17. The van der Waals surface area contributed by atoms with Crippen LogP contribution in [0.25, 0.3) is 0 Å². The highest BCUT2D eigenvalue weighted by Gasteiger charge is 1.96. The third kappa shape index (κ3) is 4.23. The predicted octanol–water partition coefficient (Wildman–Crippen LogP) is 1.54. The maximum atomic E-state index is 8.69. The number of nitrogens with zero attached hydrogens (tertiary/aromatic N) is 2. The fourth-order valence-electron chi connectivity index (χ4n) is 1.35. The van der Waals surface area contributed by atoms with E-state index in [9.17, 15) is 0 Å². The number of aliphatic hydroxyl groups excluding tert-OH is 1. The molecule has 0 aliphatic rings. The van der Waals surface area contributed by atoms with Crippen LogP contribution in [-0.2, 0) is 0 Å². The smallest absolute Gasteiger partial charge is 0.205 e. The molecule has 1 aromatic heterocycles. The Balaban J connectivity index is 1.94. The zero-order valence-electron chi connectivity index (χ0n) is 10.1. The van der Waals surface area contributed by atoms with Crippen molar-refractivity contribution in [3.8, 4) is 5.75 Å². The molecule has 4 N–H and O–H groups in total. The van der Waals surface area contributed by atoms with Crippen molar-refractivity contribution in [3.05, 3.63) is 35.2 Å². The van der Waals surface area contributed by atoms with Gasteiger partial charge in [0.25, 0.3) is 0 Å². The minimum atomic E-state index is -0.00859. The number of hydrogen-bond donors (Lipinski definition) is 3. The molecule has 0 aliphatic carbocycles. The Kier molecular flexibility index (Phi) is 4.71. The van der Waals surface area contributed by atoms with Gasteiger partial charge in [-0.15, -0.1) is 11.3 Å². The molecule has 0 atom stereocenters. The highest BCUT2D eigenvalue weighted by Crippen LogP contribution is 2.16. The highest BCUT2D eigenvalue weighted by atomic mass is 32.1. The van der Waals surface area contributed by atoms with Crippen molar-refractivity contribution in [2.75, 3.05) is 24.4 Å². The summed E-state index contributed by atoms with van der Waals surface area (Å²) in [5.74, 6) is 1.17. The second kappa shape index (κ2) is 6.72. The molecule has 2 rings (SSSR count). The Morgan fingerprint density at radius 2 is 2.42 bits per heavy atom. The SMILES string of the molecule is Nc1csc(NN=Cc2cccc(OCCO)c2)n1. The predicted molar refractivity (Wildman–Crippen MR) is 76.8 cm³/mol. The van der Waals surface area contributed by atoms with Gasteiger partial charge >= 0.3 is 0 Å². The van der Waals surface area contributed by atoms with Crippen molar-refractivity contribution in [1.29, 1.82) is 0 Å². The minimum Gasteiger partial charge on any atom is -0.491 e. The number of thiazole rings is 1. The molecule has 100 valence electrons. The van der Waals surface area contributed by atoms with Crippen molar-refractivity contribution in [1.82, 2.24) is 4.98 Å². The third-order valence-electron chi connectivity index (χ3n) is 2.11. The van der Waals surface area contributed by atoms with Gasteiger partial charge in [-0.05, 0) is 17.7 Å². The van der Waals surface area contributed by atoms with Crippen LogP contribution in [0.3, 0.4) is 0 Å². The average molecular weight is 278 g/mol. The van der Waals surface area contributed by atoms with E-state index in [1.807, 2.05) is 24.3 Å². The summed E-state index contributed by atoms with van der Waals surface area (Å²) in [5, 5.41) is 15.1. The van der Waals surface area contributed by atoms with E-state index in [0.717, 1.165) is 5.56 Å². The van der Waals surface area contributed by atoms with Crippen molar-refractivity contribution in [2.45, 2.75) is 0 Å². The molecule has 7 heteroatoms. The first-order valence-electron chi connectivity index (χ1n) is 5.62. The summed E-state index contributed by atoms with van der Waals surface area (Å²) in [6.07, 6.45) is 1.66. The van der Waals surface area contributed by atoms with Gasteiger partial charge in [0, 0.05) is 5.38 Å². The van der Waals surface area contributed by atoms with E-state index in [1.165, 1.54) is 11.3 Å². The number of rotatable bonds is 6. The molecule has 0 saturated heterocycles. The maximum Gasteiger partial charge on any atom is 0.205 e. The monoisotopic (exact) mass is 278 g/mol. The van der Waals surface area contributed by atoms with E-state index >= 15 is 0 Å². The second-order valence-electron chi connectivity index (χ2n) is 3.59. The lowest BCUT2D eigenvalue weighted by atomic mass is 10.2. The summed E-state index contributed by atoms with van der Waals surface area (Å²) < 4.78 is 5.30. The van der Waals surface area contributed by atoms with Gasteiger partial charge in [0.05, 0.1) is 12.8 Å². The Labute approximate surface area is 114 Å². The van der Waals surface area contributed by atoms with Crippen molar-refractivity contribution in [3.63, 3.8) is 0 Å². The number of ether oxygens (including phenoxy) is 1. The number of nitrogens with two attached hydrogens (primary N) is 1. The normalized spacial score (nSPS) is 10.8. The number of hydrazone groups is 1. The number of nitrogen functional groups attached to an aromatic ring is 1. The van der Waals surface area contributed by atoms with Gasteiger partial charge in [-0.2, -0.15) is 5.10 Å². The van der Waals surface area contributed by atoms with Crippen LogP contribution in [0.2, 0.25) is 0 Å². The molecule has 19 heavy (non-hydrogen) atoms. The maximum absolute atomic E-state index is 8.69. The van der Waals surface area contributed by atoms with E-state index in [1.54, 1.807) is 11.6 Å². The molecule has 0 fully saturated rings. The first-order chi connectivity index (χ1) is 9.28. The Morgan fingerprint density at radius 3 is 3.16 bits per heavy atom. The highest BCUT2D eigenvalue weighted by molar-refractivity contribution is 7.14. The van der Waals surface area contributed by atoms with Crippen molar-refractivity contribution < 1.29 is 9.84 Å². The Morgan fingerprint density at radius 1 is 1.53 bits per heavy atom. The number of hydrogen-bond acceptors (Lipinski definition) is 7. The fraction of sp³-hybridized carbons (Fsp3) is 0.167. The number of nitrogens with one attached hydrogen (secondary N) is 1. The van der Waals surface area contributed by atoms with Crippen LogP contribution in [-0.4, -0.2) is 29.5 Å². The van der Waals surface area contributed by atoms with Gasteiger partial charge in [0.15, 0.2) is 0 Å². The molecule has 0 radical (unpaired) electrons. The summed E-state index contributed by atoms with van der Waals surface area (Å²) in [6.45, 7) is 0.266. The largest absolute Gasteiger partial charge is 0.491 e. The molecule has 0 bridgehead atoms. The first kappa shape index (κ1) is 13.3. The molecule has 0 saturated carbocycles. The van der Waals surface area contributed by atoms with Gasteiger partial charge in [-0.3, -0.25) is 5.43 Å². The third-order valence-corrected chi connectivity index (χ3v) is 2.88. The van der Waals surface area contributed by atoms with Crippen molar-refractivity contribution >= 4 is 28.5 Å². The van der Waals surface area contributed by atoms with E-state index in [-0.39, 0.29) is 13.2 Å². The molecule has 0 unspecified atom stereocenters. The first-order valence-corrected chi connectivity index (χ1v) is 6.49. The van der Waals surface area contributed by atoms with E-state index in [0.29, 0.717) is 16.7 Å². The van der Waals surface area contributed by atoms with E-state index in [2.05, 4.69) is 15.5 Å². The number of benzene rings is 1. The summed E-state index contributed by atoms with van der Waals surface area (Å²) in [6, 6.07) is 7.40. The van der Waals surface area contributed by atoms with Crippen LogP contribution >= 0.6 is 11.3 Å². The van der Waals surface area contributed by atoms with Crippen LogP contribution in [0.4, 0.5) is 10.9 Å². The molecule has 1 heterocycles. The quantitative estimate of drug-likeness (QED) is 0.550. The fourth-order valence-corrected chi connectivity index (χ4v) is 1.90. The standard InChI is InChI=1S/C12H14N4O2S/c13-11-8-19-12(15-11)16-14-7-9-2-1-3-10(6-9)18-5-4-17/h1-3,6-8,17H,4-5,13H2,(H,15,16). The van der Waals surface area contributed by atoms with Gasteiger partial charge in [0.1, 0.15) is 18.2 Å². The molecule has 0 spiro atoms. The molecule has 0 amide bonds. The average Bonchev–Trinajstić information content (AvgIpc) is 2.83. The topological polar surface area (TPSA) is 92.8 Å². The summed E-state index contributed by atoms with van der Waals surface area (Å²) >= 11 is 1.39. The van der Waals surface area contributed by atoms with Crippen LogP contribution in [0.1, 0.15) is 5.56 Å². The molecule has 2 aromatic rings. The molecule has 1 aromatic carbocycles. The number of anilines is 2. The van der Waals surface area contributed by atoms with Gasteiger partial charge in [0.2, 0.25) is 5.13 Å². The summed E-state index contributed by atoms with van der Waals surface area (Å²) in [7, 11) is 0. The van der Waals surface area contributed by atoms with Crippen LogP contribution in [0.15, 0.2) is 34.7 Å². The van der Waals surface area contributed by atoms with Gasteiger partial charge in [-0.25, -0.2) is 4.98 Å². The van der Waals surface area contributed by atoms with Crippen molar-refractivity contribution in [2.24, 2.45) is 5.10 Å². The Hall–Kier alpha value is -2.12. The molecular formula is C12H14N4O2S. The molecule has 6 nitrogen and oxygen atoms in total. The number of aromatic nitrogens is 1. The van der Waals surface area contributed by atoms with Crippen LogP contribution in [0, 0.1) is 0 Å². The van der Waals surface area contributed by atoms with Gasteiger partial charge in [-0.1, -0.05) is 12.1 Å². The second-order valence-corrected chi connectivity index (χ2v) is 4.45. The van der Waals surface area contributed by atoms with Crippen LogP contribution in [0.5, 0.6) is 5.75 Å². The number of aliphatic hydroxyl groups is 1. The van der Waals surface area contributed by atoms with E-state index in [4.69, 9.17) is 15.6 Å². The van der Waals surface area contributed by atoms with Crippen LogP contribution < -0.4 is 15.9 Å². The molecule has 0 aliphatic heterocycles.